The van der Waals surface area contributed by atoms with Crippen molar-refractivity contribution < 1.29 is 8.42 Å². The number of nitrogens with one attached hydrogen (secondary N) is 1. The van der Waals surface area contributed by atoms with Crippen LogP contribution in [0.15, 0.2) is 11.2 Å². The van der Waals surface area contributed by atoms with Crippen molar-refractivity contribution in [2.45, 2.75) is 56.6 Å². The summed E-state index contributed by atoms with van der Waals surface area (Å²) in [5.74, 6) is 0.706. The number of sulfonamides is 1. The average molecular weight is 314 g/mol. The molecule has 1 N–H and O–H groups in total. The number of aryl methyl sites for hydroxylation is 2. The van der Waals surface area contributed by atoms with Gasteiger partial charge in [0.2, 0.25) is 0 Å². The fraction of sp³-hybridized carbons (Fsp3) is 0.786. The van der Waals surface area contributed by atoms with Crippen molar-refractivity contribution in [3.05, 3.63) is 12.0 Å². The highest BCUT2D eigenvalue weighted by Gasteiger charge is 2.32. The Bertz CT molecular complexity index is 554. The molecule has 1 aromatic heterocycles. The van der Waals surface area contributed by atoms with Crippen LogP contribution < -0.4 is 5.32 Å². The molecule has 1 saturated carbocycles. The van der Waals surface area contributed by atoms with E-state index in [1.807, 2.05) is 7.05 Å². The lowest BCUT2D eigenvalue weighted by Gasteiger charge is -2.33. The second-order valence-electron chi connectivity index (χ2n) is 5.82. The molecule has 1 aliphatic carbocycles. The Labute approximate surface area is 127 Å². The lowest BCUT2D eigenvalue weighted by Crippen LogP contribution is -2.43. The van der Waals surface area contributed by atoms with E-state index in [1.165, 1.54) is 4.31 Å². The average Bonchev–Trinajstić information content (AvgIpc) is 2.80. The summed E-state index contributed by atoms with van der Waals surface area (Å²) < 4.78 is 28.5. The minimum Gasteiger partial charge on any atom is -0.337 e. The number of nitrogens with zero attached hydrogens (tertiary/aromatic N) is 3. The molecule has 2 rings (SSSR count). The van der Waals surface area contributed by atoms with Crippen molar-refractivity contribution >= 4 is 10.0 Å². The Morgan fingerprint density at radius 1 is 1.38 bits per heavy atom. The van der Waals surface area contributed by atoms with Crippen molar-refractivity contribution in [1.29, 1.82) is 0 Å². The van der Waals surface area contributed by atoms with E-state index >= 15 is 0 Å². The Hall–Kier alpha value is -0.920. The van der Waals surface area contributed by atoms with E-state index in [2.05, 4.69) is 17.2 Å². The quantitative estimate of drug-likeness (QED) is 0.889. The van der Waals surface area contributed by atoms with E-state index in [-0.39, 0.29) is 11.1 Å². The molecule has 0 aliphatic heterocycles. The van der Waals surface area contributed by atoms with E-state index in [9.17, 15) is 8.42 Å². The third-order valence-corrected chi connectivity index (χ3v) is 6.22. The van der Waals surface area contributed by atoms with E-state index in [1.54, 1.807) is 24.7 Å². The molecule has 0 amide bonds. The highest BCUT2D eigenvalue weighted by Crippen LogP contribution is 2.26. The van der Waals surface area contributed by atoms with Gasteiger partial charge in [-0.25, -0.2) is 13.4 Å². The Balaban J connectivity index is 2.07. The number of rotatable bonds is 5. The van der Waals surface area contributed by atoms with Gasteiger partial charge in [-0.2, -0.15) is 4.31 Å². The SMILES string of the molecule is CCNC1CCC(N(C)S(=O)(=O)c2cn(C)c(C)n2)CC1. The van der Waals surface area contributed by atoms with Crippen molar-refractivity contribution in [2.75, 3.05) is 13.6 Å². The first-order chi connectivity index (χ1) is 9.86. The maximum atomic E-state index is 12.6. The first kappa shape index (κ1) is 16.5. The van der Waals surface area contributed by atoms with Crippen molar-refractivity contribution in [1.82, 2.24) is 19.2 Å². The van der Waals surface area contributed by atoms with Crippen LogP contribution in [0.3, 0.4) is 0 Å². The van der Waals surface area contributed by atoms with E-state index in [4.69, 9.17) is 0 Å². The zero-order valence-electron chi connectivity index (χ0n) is 13.3. The standard InChI is InChI=1S/C14H26N4O2S/c1-5-15-12-6-8-13(9-7-12)18(4)21(19,20)14-10-17(3)11(2)16-14/h10,12-13,15H,5-9H2,1-4H3. The molecule has 0 unspecified atom stereocenters. The lowest BCUT2D eigenvalue weighted by atomic mass is 9.91. The van der Waals surface area contributed by atoms with Gasteiger partial charge in [0.25, 0.3) is 10.0 Å². The van der Waals surface area contributed by atoms with Crippen LogP contribution in [0.1, 0.15) is 38.4 Å². The monoisotopic (exact) mass is 314 g/mol. The van der Waals surface area contributed by atoms with Crippen LogP contribution in [0.4, 0.5) is 0 Å². The molecule has 120 valence electrons. The highest BCUT2D eigenvalue weighted by molar-refractivity contribution is 7.89. The third kappa shape index (κ3) is 3.46. The van der Waals surface area contributed by atoms with E-state index in [0.717, 1.165) is 32.2 Å². The highest BCUT2D eigenvalue weighted by atomic mass is 32.2. The third-order valence-electron chi connectivity index (χ3n) is 4.43. The molecular formula is C14H26N4O2S. The van der Waals surface area contributed by atoms with Gasteiger partial charge in [0.15, 0.2) is 5.03 Å². The summed E-state index contributed by atoms with van der Waals surface area (Å²) in [4.78, 5) is 4.16. The Kier molecular flexibility index (Phi) is 5.06. The van der Waals surface area contributed by atoms with Gasteiger partial charge in [0.1, 0.15) is 5.82 Å². The van der Waals surface area contributed by atoms with Gasteiger partial charge in [-0.3, -0.25) is 0 Å². The Morgan fingerprint density at radius 2 is 2.00 bits per heavy atom. The summed E-state index contributed by atoms with van der Waals surface area (Å²) in [5.41, 5.74) is 0. The molecule has 6 nitrogen and oxygen atoms in total. The summed E-state index contributed by atoms with van der Waals surface area (Å²) in [6.45, 7) is 4.88. The summed E-state index contributed by atoms with van der Waals surface area (Å²) in [6, 6.07) is 0.603. The molecule has 7 heteroatoms. The maximum Gasteiger partial charge on any atom is 0.262 e. The molecule has 21 heavy (non-hydrogen) atoms. The van der Waals surface area contributed by atoms with E-state index < -0.39 is 10.0 Å². The van der Waals surface area contributed by atoms with Gasteiger partial charge in [-0.15, -0.1) is 0 Å². The minimum atomic E-state index is -3.49. The van der Waals surface area contributed by atoms with Crippen LogP contribution in [0, 0.1) is 6.92 Å². The number of hydrogen-bond donors (Lipinski definition) is 1. The summed E-state index contributed by atoms with van der Waals surface area (Å²) in [5, 5.41) is 3.59. The van der Waals surface area contributed by atoms with Crippen molar-refractivity contribution in [3.8, 4) is 0 Å². The molecule has 0 saturated heterocycles. The molecule has 0 aromatic carbocycles. The van der Waals surface area contributed by atoms with Crippen LogP contribution in [0.25, 0.3) is 0 Å². The molecule has 0 radical (unpaired) electrons. The van der Waals surface area contributed by atoms with Crippen LogP contribution in [0.5, 0.6) is 0 Å². The van der Waals surface area contributed by atoms with Crippen LogP contribution >= 0.6 is 0 Å². The van der Waals surface area contributed by atoms with Crippen LogP contribution in [0.2, 0.25) is 0 Å². The van der Waals surface area contributed by atoms with Crippen molar-refractivity contribution in [2.24, 2.45) is 7.05 Å². The fourth-order valence-corrected chi connectivity index (χ4v) is 4.36. The predicted molar refractivity (Wildman–Crippen MR) is 82.6 cm³/mol. The molecule has 1 fully saturated rings. The van der Waals surface area contributed by atoms with Gasteiger partial charge < -0.3 is 9.88 Å². The van der Waals surface area contributed by atoms with Gasteiger partial charge in [-0.1, -0.05) is 6.92 Å². The first-order valence-corrected chi connectivity index (χ1v) is 9.01. The zero-order chi connectivity index (χ0) is 15.6. The van der Waals surface area contributed by atoms with E-state index in [0.29, 0.717) is 11.9 Å². The maximum absolute atomic E-state index is 12.6. The van der Waals surface area contributed by atoms with Gasteiger partial charge in [0.05, 0.1) is 0 Å². The first-order valence-electron chi connectivity index (χ1n) is 7.57. The topological polar surface area (TPSA) is 67.2 Å². The molecule has 1 heterocycles. The smallest absolute Gasteiger partial charge is 0.262 e. The fourth-order valence-electron chi connectivity index (χ4n) is 2.93. The molecule has 0 atom stereocenters. The Morgan fingerprint density at radius 3 is 2.48 bits per heavy atom. The number of imidazole rings is 1. The molecule has 1 aromatic rings. The summed E-state index contributed by atoms with van der Waals surface area (Å²) >= 11 is 0. The lowest BCUT2D eigenvalue weighted by molar-refractivity contribution is 0.250. The van der Waals surface area contributed by atoms with Gasteiger partial charge in [0, 0.05) is 32.4 Å². The van der Waals surface area contributed by atoms with Crippen LogP contribution in [-0.2, 0) is 17.1 Å². The largest absolute Gasteiger partial charge is 0.337 e. The molecule has 0 spiro atoms. The minimum absolute atomic E-state index is 0.0761. The molecule has 1 aliphatic rings. The van der Waals surface area contributed by atoms with Crippen LogP contribution in [-0.4, -0.2) is 48.0 Å². The van der Waals surface area contributed by atoms with Gasteiger partial charge >= 0.3 is 0 Å². The predicted octanol–water partition coefficient (Wildman–Crippen LogP) is 1.27. The molecule has 0 bridgehead atoms. The molecular weight excluding hydrogens is 288 g/mol. The summed E-state index contributed by atoms with van der Waals surface area (Å²) in [6.07, 6.45) is 5.45. The van der Waals surface area contributed by atoms with Gasteiger partial charge in [-0.05, 0) is 39.2 Å². The second-order valence-corrected chi connectivity index (χ2v) is 7.77. The van der Waals surface area contributed by atoms with Crippen molar-refractivity contribution in [3.63, 3.8) is 0 Å². The number of hydrogen-bond acceptors (Lipinski definition) is 4. The summed E-state index contributed by atoms with van der Waals surface area (Å²) in [7, 11) is -0.00239. The number of aromatic nitrogens is 2. The second kappa shape index (κ2) is 6.46. The normalized spacial score (nSPS) is 23.7. The zero-order valence-corrected chi connectivity index (χ0v) is 14.2.